The van der Waals surface area contributed by atoms with Crippen LogP contribution in [0.3, 0.4) is 0 Å². The van der Waals surface area contributed by atoms with Crippen LogP contribution in [0.2, 0.25) is 5.02 Å². The van der Waals surface area contributed by atoms with Gasteiger partial charge in [-0.15, -0.1) is 0 Å². The van der Waals surface area contributed by atoms with Crippen LogP contribution in [0.15, 0.2) is 48.5 Å². The first-order chi connectivity index (χ1) is 12.0. The van der Waals surface area contributed by atoms with Gasteiger partial charge in [-0.25, -0.2) is 0 Å². The summed E-state index contributed by atoms with van der Waals surface area (Å²) in [6.07, 6.45) is 1.44. The number of hydrogen-bond donors (Lipinski definition) is 1. The topological polar surface area (TPSA) is 57.6 Å². The molecule has 1 aliphatic rings. The van der Waals surface area contributed by atoms with Gasteiger partial charge in [0.2, 0.25) is 0 Å². The van der Waals surface area contributed by atoms with Crippen molar-refractivity contribution in [1.82, 2.24) is 0 Å². The van der Waals surface area contributed by atoms with Gasteiger partial charge in [-0.05, 0) is 24.6 Å². The molecule has 2 aromatic carbocycles. The molecule has 0 unspecified atom stereocenters. The van der Waals surface area contributed by atoms with Gasteiger partial charge in [0.1, 0.15) is 0 Å². The Labute approximate surface area is 152 Å². The Bertz CT molecular complexity index is 820. The minimum Gasteiger partial charge on any atom is -0.375 e. The van der Waals surface area contributed by atoms with Gasteiger partial charge >= 0.3 is 0 Å². The molecule has 0 bridgehead atoms. The highest BCUT2D eigenvalue weighted by Crippen LogP contribution is 2.43. The first-order valence-corrected chi connectivity index (χ1v) is 8.78. The number of carbonyl (C=O) groups is 2. The van der Waals surface area contributed by atoms with Crippen LogP contribution >= 0.6 is 11.6 Å². The molecule has 1 aliphatic heterocycles. The van der Waals surface area contributed by atoms with Crippen LogP contribution in [0.4, 0.5) is 5.69 Å². The summed E-state index contributed by atoms with van der Waals surface area (Å²) in [7, 11) is 0. The number of anilines is 1. The number of rotatable bonds is 6. The molecule has 1 heterocycles. The average molecular weight is 358 g/mol. The fourth-order valence-electron chi connectivity index (χ4n) is 3.23. The third-order valence-corrected chi connectivity index (χ3v) is 4.89. The van der Waals surface area contributed by atoms with Crippen molar-refractivity contribution in [3.63, 3.8) is 0 Å². The Kier molecular flexibility index (Phi) is 4.93. The van der Waals surface area contributed by atoms with Gasteiger partial charge in [0, 0.05) is 17.7 Å². The number of carbonyl (C=O) groups excluding carboxylic acids is 2. The second-order valence-electron chi connectivity index (χ2n) is 6.27. The summed E-state index contributed by atoms with van der Waals surface area (Å²) in [4.78, 5) is 27.2. The monoisotopic (exact) mass is 357 g/mol. The first-order valence-electron chi connectivity index (χ1n) is 8.40. The molecule has 0 saturated heterocycles. The molecule has 0 saturated carbocycles. The van der Waals surface area contributed by atoms with Crippen molar-refractivity contribution in [2.45, 2.75) is 31.8 Å². The quantitative estimate of drug-likeness (QED) is 0.796. The van der Waals surface area contributed by atoms with E-state index in [1.165, 1.54) is 0 Å². The maximum atomic E-state index is 12.9. The van der Waals surface area contributed by atoms with E-state index >= 15 is 0 Å². The van der Waals surface area contributed by atoms with Gasteiger partial charge in [-0.1, -0.05) is 55.3 Å². The third kappa shape index (κ3) is 3.08. The smallest absolute Gasteiger partial charge is 0.264 e. The van der Waals surface area contributed by atoms with Gasteiger partial charge in [0.05, 0.1) is 17.1 Å². The van der Waals surface area contributed by atoms with Crippen molar-refractivity contribution in [2.75, 3.05) is 11.4 Å². The van der Waals surface area contributed by atoms with Crippen LogP contribution in [0, 0.1) is 0 Å². The maximum Gasteiger partial charge on any atom is 0.264 e. The molecular formula is C20H20ClNO3. The van der Waals surface area contributed by atoms with E-state index in [0.717, 1.165) is 12.8 Å². The van der Waals surface area contributed by atoms with Crippen molar-refractivity contribution < 1.29 is 14.7 Å². The van der Waals surface area contributed by atoms with Crippen molar-refractivity contribution in [2.24, 2.45) is 0 Å². The van der Waals surface area contributed by atoms with E-state index in [-0.39, 0.29) is 12.2 Å². The lowest BCUT2D eigenvalue weighted by atomic mass is 9.88. The molecule has 0 spiro atoms. The number of amides is 1. The number of unbranched alkanes of at least 4 members (excludes halogenated alkanes) is 1. The highest BCUT2D eigenvalue weighted by Gasteiger charge is 2.50. The normalized spacial score (nSPS) is 19.2. The van der Waals surface area contributed by atoms with Gasteiger partial charge in [0.15, 0.2) is 11.4 Å². The number of aliphatic hydroxyl groups is 1. The number of fused-ring (bicyclic) bond motifs is 1. The number of ketones is 1. The highest BCUT2D eigenvalue weighted by atomic mass is 35.5. The Hall–Kier alpha value is -2.17. The minimum atomic E-state index is -1.85. The van der Waals surface area contributed by atoms with Crippen molar-refractivity contribution in [3.8, 4) is 0 Å². The fraction of sp³-hybridized carbons (Fsp3) is 0.300. The summed E-state index contributed by atoms with van der Waals surface area (Å²) in [6, 6.07) is 13.8. The lowest BCUT2D eigenvalue weighted by molar-refractivity contribution is -0.135. The van der Waals surface area contributed by atoms with Gasteiger partial charge in [0.25, 0.3) is 5.91 Å². The summed E-state index contributed by atoms with van der Waals surface area (Å²) >= 11 is 6.09. The SMILES string of the molecule is CCCCN1C(=O)[C@](O)(CC(=O)c2ccccc2Cl)c2ccccc21. The lowest BCUT2D eigenvalue weighted by Gasteiger charge is -2.23. The molecule has 4 nitrogen and oxygen atoms in total. The number of para-hydroxylation sites is 1. The summed E-state index contributed by atoms with van der Waals surface area (Å²) < 4.78 is 0. The summed E-state index contributed by atoms with van der Waals surface area (Å²) in [5.74, 6) is -0.795. The Morgan fingerprint density at radius 3 is 2.56 bits per heavy atom. The average Bonchev–Trinajstić information content (AvgIpc) is 2.81. The van der Waals surface area contributed by atoms with E-state index in [0.29, 0.717) is 28.4 Å². The molecule has 2 aromatic rings. The number of nitrogens with zero attached hydrogens (tertiary/aromatic N) is 1. The van der Waals surface area contributed by atoms with E-state index in [1.807, 2.05) is 13.0 Å². The van der Waals surface area contributed by atoms with Crippen molar-refractivity contribution in [3.05, 3.63) is 64.7 Å². The largest absolute Gasteiger partial charge is 0.375 e. The van der Waals surface area contributed by atoms with Gasteiger partial charge < -0.3 is 10.0 Å². The third-order valence-electron chi connectivity index (χ3n) is 4.57. The zero-order chi connectivity index (χ0) is 18.0. The molecule has 5 heteroatoms. The zero-order valence-corrected chi connectivity index (χ0v) is 14.8. The van der Waals surface area contributed by atoms with Crippen LogP contribution in [-0.2, 0) is 10.4 Å². The number of Topliss-reactive ketones (excluding diaryl/α,β-unsaturated/α-hetero) is 1. The van der Waals surface area contributed by atoms with Crippen LogP contribution in [0.25, 0.3) is 0 Å². The molecule has 1 atom stereocenters. The molecule has 3 rings (SSSR count). The molecule has 0 radical (unpaired) electrons. The minimum absolute atomic E-state index is 0.315. The Morgan fingerprint density at radius 1 is 1.16 bits per heavy atom. The van der Waals surface area contributed by atoms with Crippen LogP contribution < -0.4 is 4.90 Å². The predicted octanol–water partition coefficient (Wildman–Crippen LogP) is 3.95. The summed E-state index contributed by atoms with van der Waals surface area (Å²) in [6.45, 7) is 2.56. The van der Waals surface area contributed by atoms with Crippen LogP contribution in [0.1, 0.15) is 42.1 Å². The summed E-state index contributed by atoms with van der Waals surface area (Å²) in [5.41, 5.74) is -0.373. The molecule has 25 heavy (non-hydrogen) atoms. The molecule has 0 aliphatic carbocycles. The molecule has 0 aromatic heterocycles. The first kappa shape index (κ1) is 17.6. The second-order valence-corrected chi connectivity index (χ2v) is 6.67. The van der Waals surface area contributed by atoms with Crippen LogP contribution in [0.5, 0.6) is 0 Å². The van der Waals surface area contributed by atoms with E-state index in [9.17, 15) is 14.7 Å². The molecule has 130 valence electrons. The Morgan fingerprint density at radius 2 is 1.84 bits per heavy atom. The molecule has 1 amide bonds. The zero-order valence-electron chi connectivity index (χ0n) is 14.0. The van der Waals surface area contributed by atoms with E-state index in [1.54, 1.807) is 47.4 Å². The number of hydrogen-bond acceptors (Lipinski definition) is 3. The lowest BCUT2D eigenvalue weighted by Crippen LogP contribution is -2.42. The predicted molar refractivity (Wildman–Crippen MR) is 98.0 cm³/mol. The number of benzene rings is 2. The van der Waals surface area contributed by atoms with E-state index in [4.69, 9.17) is 11.6 Å². The second kappa shape index (κ2) is 6.98. The van der Waals surface area contributed by atoms with Crippen molar-refractivity contribution in [1.29, 1.82) is 0 Å². The van der Waals surface area contributed by atoms with Gasteiger partial charge in [-0.3, -0.25) is 9.59 Å². The highest BCUT2D eigenvalue weighted by molar-refractivity contribution is 6.34. The maximum absolute atomic E-state index is 12.9. The molecule has 0 fully saturated rings. The van der Waals surface area contributed by atoms with Gasteiger partial charge in [-0.2, -0.15) is 0 Å². The molecule has 1 N–H and O–H groups in total. The number of halogens is 1. The van der Waals surface area contributed by atoms with E-state index < -0.39 is 11.5 Å². The fourth-order valence-corrected chi connectivity index (χ4v) is 3.47. The standard InChI is InChI=1S/C20H20ClNO3/c1-2-3-12-22-17-11-7-5-9-15(17)20(25,19(22)24)13-18(23)14-8-4-6-10-16(14)21/h4-11,25H,2-3,12-13H2,1H3/t20-/m0/s1. The molecular weight excluding hydrogens is 338 g/mol. The van der Waals surface area contributed by atoms with Crippen molar-refractivity contribution >= 4 is 29.0 Å². The Balaban J connectivity index is 1.96. The van der Waals surface area contributed by atoms with E-state index in [2.05, 4.69) is 0 Å². The summed E-state index contributed by atoms with van der Waals surface area (Å²) in [5, 5.41) is 11.5. The van der Waals surface area contributed by atoms with Crippen LogP contribution in [-0.4, -0.2) is 23.3 Å².